The number of benzene rings is 1. The summed E-state index contributed by atoms with van der Waals surface area (Å²) >= 11 is 0. The van der Waals surface area contributed by atoms with E-state index in [2.05, 4.69) is 38.3 Å². The first-order valence-corrected chi connectivity index (χ1v) is 9.48. The fourth-order valence-electron chi connectivity index (χ4n) is 3.66. The Morgan fingerprint density at radius 2 is 2.15 bits per heavy atom. The van der Waals surface area contributed by atoms with E-state index in [0.29, 0.717) is 18.9 Å². The van der Waals surface area contributed by atoms with Gasteiger partial charge in [0.15, 0.2) is 5.82 Å². The highest BCUT2D eigenvalue weighted by Gasteiger charge is 2.29. The molecule has 4 rings (SSSR count). The Balaban J connectivity index is 1.55. The van der Waals surface area contributed by atoms with Crippen LogP contribution in [0, 0.1) is 0 Å². The Morgan fingerprint density at radius 3 is 3.00 bits per heavy atom. The molecule has 2 aromatic heterocycles. The molecule has 0 radical (unpaired) electrons. The summed E-state index contributed by atoms with van der Waals surface area (Å²) in [4.78, 5) is 7.06. The molecule has 142 valence electrons. The van der Waals surface area contributed by atoms with Crippen LogP contribution >= 0.6 is 0 Å². The van der Waals surface area contributed by atoms with Crippen LogP contribution in [-0.2, 0) is 17.7 Å². The van der Waals surface area contributed by atoms with Gasteiger partial charge in [0.1, 0.15) is 0 Å². The number of methoxy groups -OCH3 is 1. The molecule has 1 aliphatic heterocycles. The number of ether oxygens (including phenoxy) is 1. The number of nitrogens with zero attached hydrogens (tertiary/aromatic N) is 5. The van der Waals surface area contributed by atoms with Gasteiger partial charge >= 0.3 is 0 Å². The Hall–Kier alpha value is -2.51. The van der Waals surface area contributed by atoms with Crippen LogP contribution in [0.15, 0.2) is 47.2 Å². The fourth-order valence-corrected chi connectivity index (χ4v) is 3.66. The monoisotopic (exact) mass is 367 g/mol. The zero-order valence-corrected chi connectivity index (χ0v) is 15.6. The molecule has 1 aromatic carbocycles. The maximum atomic E-state index is 5.60. The molecule has 27 heavy (non-hydrogen) atoms. The van der Waals surface area contributed by atoms with E-state index in [1.54, 1.807) is 13.3 Å². The van der Waals surface area contributed by atoms with Crippen molar-refractivity contribution >= 4 is 0 Å². The van der Waals surface area contributed by atoms with Crippen LogP contribution in [-0.4, -0.2) is 45.1 Å². The van der Waals surface area contributed by atoms with E-state index in [0.717, 1.165) is 31.1 Å². The number of hydrogen-bond acceptors (Lipinski definition) is 6. The topological polar surface area (TPSA) is 69.2 Å². The number of likely N-dealkylation sites (tertiary alicyclic amines) is 1. The molecule has 0 amide bonds. The highest BCUT2D eigenvalue weighted by atomic mass is 16.5. The number of hydrogen-bond donors (Lipinski definition) is 0. The number of aromatic nitrogens is 4. The van der Waals surface area contributed by atoms with Crippen molar-refractivity contribution in [1.29, 1.82) is 0 Å². The van der Waals surface area contributed by atoms with Gasteiger partial charge in [0.2, 0.25) is 5.89 Å². The molecular formula is C20H25N5O2. The van der Waals surface area contributed by atoms with Crippen molar-refractivity contribution in [2.75, 3.05) is 20.3 Å². The van der Waals surface area contributed by atoms with E-state index in [1.807, 2.05) is 23.0 Å². The molecule has 3 heterocycles. The van der Waals surface area contributed by atoms with Gasteiger partial charge in [0.05, 0.1) is 18.3 Å². The van der Waals surface area contributed by atoms with E-state index >= 15 is 0 Å². The summed E-state index contributed by atoms with van der Waals surface area (Å²) in [7, 11) is 1.68. The zero-order valence-electron chi connectivity index (χ0n) is 15.6. The van der Waals surface area contributed by atoms with Crippen LogP contribution in [0.3, 0.4) is 0 Å². The molecule has 1 saturated heterocycles. The van der Waals surface area contributed by atoms with Crippen LogP contribution in [0.4, 0.5) is 0 Å². The normalized spacial score (nSPS) is 18.0. The molecule has 1 fully saturated rings. The van der Waals surface area contributed by atoms with Gasteiger partial charge in [0, 0.05) is 32.5 Å². The van der Waals surface area contributed by atoms with Gasteiger partial charge in [-0.2, -0.15) is 10.1 Å². The third-order valence-corrected chi connectivity index (χ3v) is 5.03. The van der Waals surface area contributed by atoms with Crippen molar-refractivity contribution in [1.82, 2.24) is 24.8 Å². The fraction of sp³-hybridized carbons (Fsp3) is 0.450. The lowest BCUT2D eigenvalue weighted by Crippen LogP contribution is -2.33. The van der Waals surface area contributed by atoms with E-state index in [-0.39, 0.29) is 6.04 Å². The Morgan fingerprint density at radius 1 is 1.22 bits per heavy atom. The van der Waals surface area contributed by atoms with Crippen LogP contribution in [0.2, 0.25) is 0 Å². The lowest BCUT2D eigenvalue weighted by atomic mass is 10.0. The first-order chi connectivity index (χ1) is 13.3. The average molecular weight is 367 g/mol. The third kappa shape index (κ3) is 4.09. The Kier molecular flexibility index (Phi) is 5.60. The summed E-state index contributed by atoms with van der Waals surface area (Å²) in [5.74, 6) is 1.44. The van der Waals surface area contributed by atoms with Crippen molar-refractivity contribution in [3.63, 3.8) is 0 Å². The molecule has 0 bridgehead atoms. The minimum atomic E-state index is 0.160. The summed E-state index contributed by atoms with van der Waals surface area (Å²) in [5, 5.41) is 8.52. The van der Waals surface area contributed by atoms with Gasteiger partial charge in [-0.05, 0) is 37.1 Å². The molecule has 0 aliphatic carbocycles. The van der Waals surface area contributed by atoms with Crippen LogP contribution < -0.4 is 0 Å². The first kappa shape index (κ1) is 17.9. The molecule has 3 aromatic rings. The second-order valence-corrected chi connectivity index (χ2v) is 6.85. The molecule has 0 unspecified atom stereocenters. The van der Waals surface area contributed by atoms with Crippen LogP contribution in [0.1, 0.15) is 42.6 Å². The molecular weight excluding hydrogens is 342 g/mol. The zero-order chi connectivity index (χ0) is 18.5. The lowest BCUT2D eigenvalue weighted by molar-refractivity contribution is 0.111. The summed E-state index contributed by atoms with van der Waals surface area (Å²) in [6, 6.07) is 10.5. The third-order valence-electron chi connectivity index (χ3n) is 5.03. The summed E-state index contributed by atoms with van der Waals surface area (Å²) in [6.07, 6.45) is 7.86. The maximum absolute atomic E-state index is 5.60. The van der Waals surface area contributed by atoms with Crippen molar-refractivity contribution in [2.24, 2.45) is 0 Å². The van der Waals surface area contributed by atoms with E-state index < -0.39 is 0 Å². The number of para-hydroxylation sites is 1. The molecule has 0 spiro atoms. The summed E-state index contributed by atoms with van der Waals surface area (Å²) in [6.45, 7) is 2.45. The van der Waals surface area contributed by atoms with Gasteiger partial charge < -0.3 is 9.26 Å². The molecule has 7 heteroatoms. The van der Waals surface area contributed by atoms with Gasteiger partial charge in [-0.3, -0.25) is 4.90 Å². The summed E-state index contributed by atoms with van der Waals surface area (Å²) < 4.78 is 12.6. The summed E-state index contributed by atoms with van der Waals surface area (Å²) in [5.41, 5.74) is 2.35. The van der Waals surface area contributed by atoms with Crippen molar-refractivity contribution in [3.05, 3.63) is 60.0 Å². The first-order valence-electron chi connectivity index (χ1n) is 9.48. The highest BCUT2D eigenvalue weighted by Crippen LogP contribution is 2.32. The lowest BCUT2D eigenvalue weighted by Gasteiger charge is -2.33. The second kappa shape index (κ2) is 8.45. The number of piperidine rings is 1. The Labute approximate surface area is 158 Å². The van der Waals surface area contributed by atoms with E-state index in [9.17, 15) is 0 Å². The smallest absolute Gasteiger partial charge is 0.244 e. The van der Waals surface area contributed by atoms with Crippen LogP contribution in [0.25, 0.3) is 5.69 Å². The van der Waals surface area contributed by atoms with Gasteiger partial charge in [-0.1, -0.05) is 29.8 Å². The van der Waals surface area contributed by atoms with Crippen molar-refractivity contribution in [3.8, 4) is 5.69 Å². The van der Waals surface area contributed by atoms with Gasteiger partial charge in [-0.15, -0.1) is 0 Å². The highest BCUT2D eigenvalue weighted by molar-refractivity contribution is 5.40. The van der Waals surface area contributed by atoms with Crippen LogP contribution in [0.5, 0.6) is 0 Å². The maximum Gasteiger partial charge on any atom is 0.244 e. The van der Waals surface area contributed by atoms with Gasteiger partial charge in [-0.25, -0.2) is 4.68 Å². The van der Waals surface area contributed by atoms with Crippen molar-refractivity contribution in [2.45, 2.75) is 38.3 Å². The molecule has 1 aliphatic rings. The van der Waals surface area contributed by atoms with Gasteiger partial charge in [0.25, 0.3) is 0 Å². The SMILES string of the molecule is COCCc1noc([C@@H]2CCCCN2Cc2ccccc2-n2cccn2)n1. The van der Waals surface area contributed by atoms with Crippen molar-refractivity contribution < 1.29 is 9.26 Å². The quantitative estimate of drug-likeness (QED) is 0.639. The molecule has 7 nitrogen and oxygen atoms in total. The predicted octanol–water partition coefficient (Wildman–Crippen LogP) is 3.17. The van der Waals surface area contributed by atoms with E-state index in [1.165, 1.54) is 18.4 Å². The minimum absolute atomic E-state index is 0.160. The van der Waals surface area contributed by atoms with E-state index in [4.69, 9.17) is 9.26 Å². The second-order valence-electron chi connectivity index (χ2n) is 6.85. The largest absolute Gasteiger partial charge is 0.384 e. The minimum Gasteiger partial charge on any atom is -0.384 e. The standard InChI is InChI=1S/C20H25N5O2/c1-26-14-10-19-22-20(27-23-19)18-9-4-5-12-24(18)15-16-7-2-3-8-17(16)25-13-6-11-21-25/h2-3,6-8,11,13,18H,4-5,9-10,12,14-15H2,1H3/t18-/m0/s1. The predicted molar refractivity (Wildman–Crippen MR) is 100 cm³/mol. The Bertz CT molecular complexity index is 846. The average Bonchev–Trinajstić information content (AvgIpc) is 3.39. The molecule has 0 saturated carbocycles. The number of rotatable bonds is 7. The molecule has 1 atom stereocenters. The molecule has 0 N–H and O–H groups in total.